The summed E-state index contributed by atoms with van der Waals surface area (Å²) in [7, 11) is 0. The molecule has 2 rings (SSSR count). The SMILES string of the molecule is Cc1c(O)cccc1OCc1ccc(C#N)cc1Cl. The van der Waals surface area contributed by atoms with Crippen molar-refractivity contribution in [3.05, 3.63) is 58.1 Å². The Kier molecular flexibility index (Phi) is 3.94. The van der Waals surface area contributed by atoms with Gasteiger partial charge in [-0.25, -0.2) is 0 Å². The average molecular weight is 274 g/mol. The zero-order chi connectivity index (χ0) is 13.8. The number of phenolic OH excluding ortho intramolecular Hbond substituents is 1. The van der Waals surface area contributed by atoms with Gasteiger partial charge >= 0.3 is 0 Å². The highest BCUT2D eigenvalue weighted by Crippen LogP contribution is 2.27. The quantitative estimate of drug-likeness (QED) is 0.925. The highest BCUT2D eigenvalue weighted by molar-refractivity contribution is 6.31. The lowest BCUT2D eigenvalue weighted by Crippen LogP contribution is -1.98. The van der Waals surface area contributed by atoms with Crippen molar-refractivity contribution in [2.45, 2.75) is 13.5 Å². The molecule has 96 valence electrons. The molecule has 1 N–H and O–H groups in total. The smallest absolute Gasteiger partial charge is 0.126 e. The Labute approximate surface area is 116 Å². The molecule has 2 aromatic carbocycles. The maximum absolute atomic E-state index is 9.58. The molecule has 0 aromatic heterocycles. The molecule has 0 fully saturated rings. The normalized spacial score (nSPS) is 9.95. The molecule has 0 amide bonds. The molecule has 0 atom stereocenters. The molecule has 0 aliphatic heterocycles. The zero-order valence-corrected chi connectivity index (χ0v) is 11.1. The van der Waals surface area contributed by atoms with Gasteiger partial charge in [-0.2, -0.15) is 5.26 Å². The first-order valence-electron chi connectivity index (χ1n) is 5.71. The topological polar surface area (TPSA) is 53.2 Å². The number of hydrogen-bond acceptors (Lipinski definition) is 3. The molecule has 0 bridgehead atoms. The van der Waals surface area contributed by atoms with E-state index < -0.39 is 0 Å². The molecule has 19 heavy (non-hydrogen) atoms. The summed E-state index contributed by atoms with van der Waals surface area (Å²) in [5.41, 5.74) is 2.00. The molecule has 0 aliphatic rings. The second-order valence-electron chi connectivity index (χ2n) is 4.11. The van der Waals surface area contributed by atoms with E-state index >= 15 is 0 Å². The van der Waals surface area contributed by atoms with Crippen molar-refractivity contribution in [1.82, 2.24) is 0 Å². The van der Waals surface area contributed by atoms with Crippen LogP contribution >= 0.6 is 11.6 Å². The predicted molar refractivity (Wildman–Crippen MR) is 73.3 cm³/mol. The number of phenols is 1. The molecule has 2 aromatic rings. The van der Waals surface area contributed by atoms with Gasteiger partial charge in [-0.3, -0.25) is 0 Å². The van der Waals surface area contributed by atoms with Gasteiger partial charge in [0.25, 0.3) is 0 Å². The van der Waals surface area contributed by atoms with Crippen LogP contribution < -0.4 is 4.74 Å². The lowest BCUT2D eigenvalue weighted by molar-refractivity contribution is 0.302. The summed E-state index contributed by atoms with van der Waals surface area (Å²) in [6.07, 6.45) is 0. The fourth-order valence-electron chi connectivity index (χ4n) is 1.65. The van der Waals surface area contributed by atoms with Crippen LogP contribution in [0.15, 0.2) is 36.4 Å². The summed E-state index contributed by atoms with van der Waals surface area (Å²) < 4.78 is 5.63. The number of hydrogen-bond donors (Lipinski definition) is 1. The Hall–Kier alpha value is -2.18. The summed E-state index contributed by atoms with van der Waals surface area (Å²) in [5, 5.41) is 18.8. The largest absolute Gasteiger partial charge is 0.508 e. The van der Waals surface area contributed by atoms with E-state index in [0.717, 1.165) is 5.56 Å². The molecule has 3 nitrogen and oxygen atoms in total. The van der Waals surface area contributed by atoms with Crippen LogP contribution in [-0.2, 0) is 6.61 Å². The molecular formula is C15H12ClNO2. The van der Waals surface area contributed by atoms with E-state index in [0.29, 0.717) is 21.9 Å². The number of ether oxygens (including phenoxy) is 1. The molecule has 4 heteroatoms. The average Bonchev–Trinajstić information content (AvgIpc) is 2.41. The van der Waals surface area contributed by atoms with Gasteiger partial charge in [-0.15, -0.1) is 0 Å². The minimum atomic E-state index is 0.198. The summed E-state index contributed by atoms with van der Waals surface area (Å²) in [4.78, 5) is 0. The summed E-state index contributed by atoms with van der Waals surface area (Å²) in [6, 6.07) is 12.2. The highest BCUT2D eigenvalue weighted by Gasteiger charge is 2.06. The van der Waals surface area contributed by atoms with Crippen LogP contribution in [0.2, 0.25) is 5.02 Å². The Morgan fingerprint density at radius 2 is 2.11 bits per heavy atom. The summed E-state index contributed by atoms with van der Waals surface area (Å²) >= 11 is 6.06. The number of aromatic hydroxyl groups is 1. The monoisotopic (exact) mass is 273 g/mol. The molecule has 0 saturated carbocycles. The van der Waals surface area contributed by atoms with Crippen molar-refractivity contribution in [2.75, 3.05) is 0 Å². The van der Waals surface area contributed by atoms with Gasteiger partial charge in [0.05, 0.1) is 11.6 Å². The molecule has 0 saturated heterocycles. The van der Waals surface area contributed by atoms with Crippen molar-refractivity contribution in [2.24, 2.45) is 0 Å². The minimum absolute atomic E-state index is 0.198. The Bertz CT molecular complexity index is 647. The van der Waals surface area contributed by atoms with E-state index in [2.05, 4.69) is 0 Å². The number of nitrogens with zero attached hydrogens (tertiary/aromatic N) is 1. The van der Waals surface area contributed by atoms with Gasteiger partial charge in [-0.05, 0) is 31.2 Å². The highest BCUT2D eigenvalue weighted by atomic mass is 35.5. The van der Waals surface area contributed by atoms with Crippen molar-refractivity contribution in [3.63, 3.8) is 0 Å². The van der Waals surface area contributed by atoms with Crippen molar-refractivity contribution >= 4 is 11.6 Å². The van der Waals surface area contributed by atoms with Crippen LogP contribution in [0.4, 0.5) is 0 Å². The van der Waals surface area contributed by atoms with Crippen molar-refractivity contribution in [1.29, 1.82) is 5.26 Å². The fraction of sp³-hybridized carbons (Fsp3) is 0.133. The standard InChI is InChI=1S/C15H12ClNO2/c1-10-14(18)3-2-4-15(10)19-9-12-6-5-11(8-17)7-13(12)16/h2-7,18H,9H2,1H3. The van der Waals surface area contributed by atoms with Gasteiger partial charge in [0.15, 0.2) is 0 Å². The van der Waals surface area contributed by atoms with Gasteiger partial charge in [0.1, 0.15) is 18.1 Å². The number of benzene rings is 2. The molecular weight excluding hydrogens is 262 g/mol. The van der Waals surface area contributed by atoms with Gasteiger partial charge in [-0.1, -0.05) is 23.7 Å². The van der Waals surface area contributed by atoms with Crippen LogP contribution in [-0.4, -0.2) is 5.11 Å². The molecule has 0 heterocycles. The van der Waals surface area contributed by atoms with Crippen LogP contribution in [0.25, 0.3) is 0 Å². The van der Waals surface area contributed by atoms with Gasteiger partial charge in [0.2, 0.25) is 0 Å². The van der Waals surface area contributed by atoms with E-state index in [1.165, 1.54) is 0 Å². The predicted octanol–water partition coefficient (Wildman–Crippen LogP) is 3.80. The molecule has 0 spiro atoms. The molecule has 0 unspecified atom stereocenters. The third-order valence-electron chi connectivity index (χ3n) is 2.82. The van der Waals surface area contributed by atoms with E-state index in [4.69, 9.17) is 21.6 Å². The fourth-order valence-corrected chi connectivity index (χ4v) is 1.88. The van der Waals surface area contributed by atoms with Crippen molar-refractivity contribution in [3.8, 4) is 17.6 Å². The first-order chi connectivity index (χ1) is 9.11. The van der Waals surface area contributed by atoms with Crippen LogP contribution in [0.3, 0.4) is 0 Å². The Morgan fingerprint density at radius 1 is 1.32 bits per heavy atom. The van der Waals surface area contributed by atoms with Crippen LogP contribution in [0, 0.1) is 18.3 Å². The maximum atomic E-state index is 9.58. The van der Waals surface area contributed by atoms with Gasteiger partial charge < -0.3 is 9.84 Å². The lowest BCUT2D eigenvalue weighted by Gasteiger charge is -2.11. The third-order valence-corrected chi connectivity index (χ3v) is 3.17. The first-order valence-corrected chi connectivity index (χ1v) is 6.09. The van der Waals surface area contributed by atoms with E-state index in [1.807, 2.05) is 6.07 Å². The second-order valence-corrected chi connectivity index (χ2v) is 4.51. The Balaban J connectivity index is 2.15. The van der Waals surface area contributed by atoms with Crippen LogP contribution in [0.5, 0.6) is 11.5 Å². The number of nitriles is 1. The lowest BCUT2D eigenvalue weighted by atomic mass is 10.1. The zero-order valence-electron chi connectivity index (χ0n) is 10.4. The number of halogens is 1. The minimum Gasteiger partial charge on any atom is -0.508 e. The molecule has 0 radical (unpaired) electrons. The number of rotatable bonds is 3. The van der Waals surface area contributed by atoms with E-state index in [1.54, 1.807) is 43.3 Å². The van der Waals surface area contributed by atoms with Gasteiger partial charge in [0, 0.05) is 16.1 Å². The van der Waals surface area contributed by atoms with E-state index in [-0.39, 0.29) is 12.4 Å². The first kappa shape index (κ1) is 13.3. The van der Waals surface area contributed by atoms with E-state index in [9.17, 15) is 5.11 Å². The van der Waals surface area contributed by atoms with Crippen molar-refractivity contribution < 1.29 is 9.84 Å². The third kappa shape index (κ3) is 2.98. The summed E-state index contributed by atoms with van der Waals surface area (Å²) in [5.74, 6) is 0.809. The maximum Gasteiger partial charge on any atom is 0.126 e. The Morgan fingerprint density at radius 3 is 2.79 bits per heavy atom. The van der Waals surface area contributed by atoms with Crippen LogP contribution in [0.1, 0.15) is 16.7 Å². The molecule has 0 aliphatic carbocycles. The summed E-state index contributed by atoms with van der Waals surface area (Å²) in [6.45, 7) is 2.07. The second kappa shape index (κ2) is 5.64.